The van der Waals surface area contributed by atoms with Gasteiger partial charge in [0.1, 0.15) is 6.17 Å². The topological polar surface area (TPSA) is 6.48 Å². The molecular formula is C20H40N2. The molecular weight excluding hydrogens is 268 g/mol. The van der Waals surface area contributed by atoms with Gasteiger partial charge in [-0.3, -0.25) is 0 Å². The summed E-state index contributed by atoms with van der Waals surface area (Å²) in [5.74, 6) is 0. The molecule has 1 rings (SSSR count). The second-order valence-corrected chi connectivity index (χ2v) is 7.17. The molecule has 0 aromatic heterocycles. The zero-order valence-electron chi connectivity index (χ0n) is 15.7. The van der Waals surface area contributed by atoms with Crippen LogP contribution in [-0.4, -0.2) is 28.6 Å². The molecule has 0 aliphatic carbocycles. The quantitative estimate of drug-likeness (QED) is 0.377. The molecule has 2 nitrogen and oxygen atoms in total. The lowest BCUT2D eigenvalue weighted by Crippen LogP contribution is -2.42. The Morgan fingerprint density at radius 3 is 1.95 bits per heavy atom. The van der Waals surface area contributed by atoms with Gasteiger partial charge in [-0.05, 0) is 33.1 Å². The molecule has 0 spiro atoms. The summed E-state index contributed by atoms with van der Waals surface area (Å²) in [7, 11) is 0. The Kier molecular flexibility index (Phi) is 10.4. The van der Waals surface area contributed by atoms with Crippen LogP contribution < -0.4 is 0 Å². The van der Waals surface area contributed by atoms with Crippen LogP contribution in [0, 0.1) is 0 Å². The molecule has 1 unspecified atom stereocenters. The van der Waals surface area contributed by atoms with Crippen LogP contribution in [0.25, 0.3) is 0 Å². The molecule has 1 aliphatic heterocycles. The van der Waals surface area contributed by atoms with E-state index in [-0.39, 0.29) is 0 Å². The molecule has 130 valence electrons. The molecule has 0 N–H and O–H groups in total. The maximum Gasteiger partial charge on any atom is 0.101 e. The second-order valence-electron chi connectivity index (χ2n) is 7.17. The molecule has 0 saturated heterocycles. The highest BCUT2D eigenvalue weighted by atomic mass is 15.4. The van der Waals surface area contributed by atoms with E-state index in [4.69, 9.17) is 0 Å². The minimum absolute atomic E-state index is 0.613. The minimum Gasteiger partial charge on any atom is -0.356 e. The summed E-state index contributed by atoms with van der Waals surface area (Å²) in [6.07, 6.45) is 20.4. The van der Waals surface area contributed by atoms with Gasteiger partial charge in [0, 0.05) is 25.0 Å². The molecule has 0 radical (unpaired) electrons. The van der Waals surface area contributed by atoms with Crippen LogP contribution in [-0.2, 0) is 0 Å². The van der Waals surface area contributed by atoms with Gasteiger partial charge in [-0.15, -0.1) is 0 Å². The van der Waals surface area contributed by atoms with Crippen molar-refractivity contribution in [2.75, 3.05) is 6.54 Å². The molecule has 1 aliphatic rings. The largest absolute Gasteiger partial charge is 0.356 e. The first kappa shape index (κ1) is 19.4. The number of unbranched alkanes of at least 4 members (excludes halogenated alkanes) is 8. The lowest BCUT2D eigenvalue weighted by Gasteiger charge is -2.35. The molecule has 0 amide bonds. The standard InChI is InChI=1S/C20H40N2/c1-5-7-9-11-13-15-20-21(16-14-12-10-8-6-2)17-18-22(20)19(3)4/h17-20H,5-16H2,1-4H3. The highest BCUT2D eigenvalue weighted by Crippen LogP contribution is 2.24. The minimum atomic E-state index is 0.613. The molecule has 1 atom stereocenters. The van der Waals surface area contributed by atoms with Gasteiger partial charge in [0.2, 0.25) is 0 Å². The van der Waals surface area contributed by atoms with Crippen molar-refractivity contribution in [3.63, 3.8) is 0 Å². The summed E-state index contributed by atoms with van der Waals surface area (Å²) in [4.78, 5) is 5.16. The van der Waals surface area contributed by atoms with Crippen molar-refractivity contribution in [2.45, 2.75) is 111 Å². The number of rotatable bonds is 13. The molecule has 0 bridgehead atoms. The summed E-state index contributed by atoms with van der Waals surface area (Å²) in [6, 6.07) is 0.613. The van der Waals surface area contributed by atoms with Gasteiger partial charge < -0.3 is 9.80 Å². The Morgan fingerprint density at radius 1 is 0.773 bits per heavy atom. The van der Waals surface area contributed by atoms with Gasteiger partial charge in [-0.2, -0.15) is 0 Å². The Balaban J connectivity index is 2.32. The van der Waals surface area contributed by atoms with E-state index < -0.39 is 0 Å². The van der Waals surface area contributed by atoms with Crippen molar-refractivity contribution < 1.29 is 0 Å². The van der Waals surface area contributed by atoms with Crippen molar-refractivity contribution in [1.82, 2.24) is 9.80 Å². The summed E-state index contributed by atoms with van der Waals surface area (Å²) in [6.45, 7) is 10.5. The van der Waals surface area contributed by atoms with E-state index in [1.165, 1.54) is 77.2 Å². The van der Waals surface area contributed by atoms with E-state index >= 15 is 0 Å². The highest BCUT2D eigenvalue weighted by molar-refractivity contribution is 4.98. The van der Waals surface area contributed by atoms with Gasteiger partial charge in [-0.25, -0.2) is 0 Å². The smallest absolute Gasteiger partial charge is 0.101 e. The van der Waals surface area contributed by atoms with Crippen LogP contribution in [0.1, 0.15) is 98.3 Å². The second kappa shape index (κ2) is 11.8. The monoisotopic (exact) mass is 308 g/mol. The fourth-order valence-corrected chi connectivity index (χ4v) is 3.42. The van der Waals surface area contributed by atoms with Gasteiger partial charge in [0.05, 0.1) is 0 Å². The van der Waals surface area contributed by atoms with Crippen LogP contribution >= 0.6 is 0 Å². The Morgan fingerprint density at radius 2 is 1.36 bits per heavy atom. The summed E-state index contributed by atoms with van der Waals surface area (Å²) in [5.41, 5.74) is 0. The Labute approximate surface area is 139 Å². The van der Waals surface area contributed by atoms with Crippen molar-refractivity contribution >= 4 is 0 Å². The number of hydrogen-bond donors (Lipinski definition) is 0. The number of nitrogens with zero attached hydrogens (tertiary/aromatic N) is 2. The lowest BCUT2D eigenvalue weighted by molar-refractivity contribution is 0.114. The Hall–Kier alpha value is -0.660. The zero-order valence-corrected chi connectivity index (χ0v) is 15.7. The van der Waals surface area contributed by atoms with E-state index in [1.807, 2.05) is 0 Å². The van der Waals surface area contributed by atoms with Crippen LogP contribution in [0.2, 0.25) is 0 Å². The summed E-state index contributed by atoms with van der Waals surface area (Å²) < 4.78 is 0. The fourth-order valence-electron chi connectivity index (χ4n) is 3.42. The van der Waals surface area contributed by atoms with Gasteiger partial charge >= 0.3 is 0 Å². The molecule has 0 fully saturated rings. The van der Waals surface area contributed by atoms with Crippen molar-refractivity contribution in [3.8, 4) is 0 Å². The van der Waals surface area contributed by atoms with E-state index in [1.54, 1.807) is 0 Å². The summed E-state index contributed by atoms with van der Waals surface area (Å²) in [5, 5.41) is 0. The average molecular weight is 309 g/mol. The van der Waals surface area contributed by atoms with Crippen molar-refractivity contribution in [1.29, 1.82) is 0 Å². The molecule has 0 saturated carbocycles. The summed E-state index contributed by atoms with van der Waals surface area (Å²) >= 11 is 0. The predicted molar refractivity (Wildman–Crippen MR) is 98.7 cm³/mol. The third kappa shape index (κ3) is 7.07. The van der Waals surface area contributed by atoms with Crippen LogP contribution in [0.15, 0.2) is 12.4 Å². The van der Waals surface area contributed by atoms with Crippen LogP contribution in [0.4, 0.5) is 0 Å². The SMILES string of the molecule is CCCCCCCC1N(CCCCCCC)C=CN1C(C)C. The molecule has 22 heavy (non-hydrogen) atoms. The van der Waals surface area contributed by atoms with Gasteiger partial charge in [0.25, 0.3) is 0 Å². The van der Waals surface area contributed by atoms with Gasteiger partial charge in [-0.1, -0.05) is 65.2 Å². The third-order valence-corrected chi connectivity index (χ3v) is 4.84. The zero-order chi connectivity index (χ0) is 16.2. The Bertz CT molecular complexity index is 285. The normalized spacial score (nSPS) is 18.0. The first-order valence-corrected chi connectivity index (χ1v) is 9.92. The van der Waals surface area contributed by atoms with E-state index in [2.05, 4.69) is 49.9 Å². The van der Waals surface area contributed by atoms with E-state index in [9.17, 15) is 0 Å². The van der Waals surface area contributed by atoms with E-state index in [0.717, 1.165) is 0 Å². The number of hydrogen-bond acceptors (Lipinski definition) is 2. The highest BCUT2D eigenvalue weighted by Gasteiger charge is 2.26. The third-order valence-electron chi connectivity index (χ3n) is 4.84. The maximum atomic E-state index is 2.60. The predicted octanol–water partition coefficient (Wildman–Crippen LogP) is 6.14. The van der Waals surface area contributed by atoms with Crippen molar-refractivity contribution in [3.05, 3.63) is 12.4 Å². The average Bonchev–Trinajstić information content (AvgIpc) is 2.90. The van der Waals surface area contributed by atoms with E-state index in [0.29, 0.717) is 12.2 Å². The lowest BCUT2D eigenvalue weighted by atomic mass is 10.1. The first-order valence-electron chi connectivity index (χ1n) is 9.92. The fraction of sp³-hybridized carbons (Fsp3) is 0.900. The first-order chi connectivity index (χ1) is 10.7. The maximum absolute atomic E-state index is 2.60. The molecule has 2 heteroatoms. The van der Waals surface area contributed by atoms with Crippen LogP contribution in [0.5, 0.6) is 0 Å². The van der Waals surface area contributed by atoms with Crippen LogP contribution in [0.3, 0.4) is 0 Å². The van der Waals surface area contributed by atoms with Gasteiger partial charge in [0.15, 0.2) is 0 Å². The molecule has 1 heterocycles. The molecule has 0 aromatic rings. The molecule has 0 aromatic carbocycles. The van der Waals surface area contributed by atoms with Crippen molar-refractivity contribution in [2.24, 2.45) is 0 Å².